The predicted octanol–water partition coefficient (Wildman–Crippen LogP) is -0.409. The summed E-state index contributed by atoms with van der Waals surface area (Å²) in [6, 6.07) is -0.289. The summed E-state index contributed by atoms with van der Waals surface area (Å²) in [5.74, 6) is -0.0279. The van der Waals surface area contributed by atoms with E-state index in [4.69, 9.17) is 0 Å². The molecular formula is C11H18N2O3. The molecule has 0 radical (unpaired) electrons. The zero-order valence-corrected chi connectivity index (χ0v) is 9.56. The highest BCUT2D eigenvalue weighted by molar-refractivity contribution is 5.87. The van der Waals surface area contributed by atoms with Gasteiger partial charge in [-0.3, -0.25) is 9.59 Å². The molecule has 2 aliphatic heterocycles. The van der Waals surface area contributed by atoms with Crippen LogP contribution in [0.25, 0.3) is 0 Å². The van der Waals surface area contributed by atoms with Crippen LogP contribution in [-0.2, 0) is 9.59 Å². The molecule has 0 saturated carbocycles. The summed E-state index contributed by atoms with van der Waals surface area (Å²) in [4.78, 5) is 26.8. The number of hydrogen-bond acceptors (Lipinski definition) is 3. The number of likely N-dealkylation sites (tertiary alicyclic amines) is 2. The zero-order chi connectivity index (χ0) is 11.7. The molecule has 0 aliphatic carbocycles. The van der Waals surface area contributed by atoms with E-state index in [-0.39, 0.29) is 17.9 Å². The Morgan fingerprint density at radius 2 is 2.00 bits per heavy atom. The van der Waals surface area contributed by atoms with E-state index in [1.165, 1.54) is 6.92 Å². The fourth-order valence-electron chi connectivity index (χ4n) is 2.55. The van der Waals surface area contributed by atoms with Gasteiger partial charge in [0.1, 0.15) is 6.04 Å². The molecule has 0 aromatic carbocycles. The van der Waals surface area contributed by atoms with Gasteiger partial charge in [-0.25, -0.2) is 0 Å². The monoisotopic (exact) mass is 226 g/mol. The van der Waals surface area contributed by atoms with E-state index >= 15 is 0 Å². The molecule has 0 aromatic heterocycles. The number of aliphatic hydroxyl groups is 1. The average molecular weight is 226 g/mol. The lowest BCUT2D eigenvalue weighted by Gasteiger charge is -2.26. The molecule has 2 amide bonds. The van der Waals surface area contributed by atoms with E-state index in [1.807, 2.05) is 0 Å². The molecule has 5 nitrogen and oxygen atoms in total. The normalized spacial score (nSPS) is 29.9. The Balaban J connectivity index is 2.01. The second-order valence-corrected chi connectivity index (χ2v) is 4.60. The summed E-state index contributed by atoms with van der Waals surface area (Å²) in [7, 11) is 0. The molecule has 1 N–H and O–H groups in total. The number of nitrogens with zero attached hydrogens (tertiary/aromatic N) is 2. The van der Waals surface area contributed by atoms with Gasteiger partial charge in [0.05, 0.1) is 6.10 Å². The smallest absolute Gasteiger partial charge is 0.245 e. The van der Waals surface area contributed by atoms with Crippen LogP contribution in [0.1, 0.15) is 26.2 Å². The van der Waals surface area contributed by atoms with E-state index in [1.54, 1.807) is 9.80 Å². The molecule has 2 aliphatic rings. The van der Waals surface area contributed by atoms with Crippen molar-refractivity contribution in [3.05, 3.63) is 0 Å². The topological polar surface area (TPSA) is 60.9 Å². The second-order valence-electron chi connectivity index (χ2n) is 4.60. The maximum atomic E-state index is 12.1. The van der Waals surface area contributed by atoms with Crippen LogP contribution in [0.5, 0.6) is 0 Å². The first-order valence-electron chi connectivity index (χ1n) is 5.83. The zero-order valence-electron chi connectivity index (χ0n) is 9.56. The first-order chi connectivity index (χ1) is 7.59. The number of rotatable bonds is 1. The summed E-state index contributed by atoms with van der Waals surface area (Å²) in [6.45, 7) is 3.22. The van der Waals surface area contributed by atoms with Crippen LogP contribution in [0, 0.1) is 0 Å². The van der Waals surface area contributed by atoms with Crippen molar-refractivity contribution in [3.63, 3.8) is 0 Å². The minimum Gasteiger partial charge on any atom is -0.391 e. The number of hydrogen-bond donors (Lipinski definition) is 1. The van der Waals surface area contributed by atoms with Gasteiger partial charge in [-0.15, -0.1) is 0 Å². The van der Waals surface area contributed by atoms with Gasteiger partial charge in [0, 0.05) is 26.6 Å². The first kappa shape index (κ1) is 11.4. The van der Waals surface area contributed by atoms with Gasteiger partial charge in [-0.2, -0.15) is 0 Å². The molecule has 2 fully saturated rings. The molecule has 2 heterocycles. The van der Waals surface area contributed by atoms with Crippen molar-refractivity contribution >= 4 is 11.8 Å². The van der Waals surface area contributed by atoms with Crippen molar-refractivity contribution in [2.24, 2.45) is 0 Å². The highest BCUT2D eigenvalue weighted by Gasteiger charge is 2.37. The molecular weight excluding hydrogens is 208 g/mol. The summed E-state index contributed by atoms with van der Waals surface area (Å²) < 4.78 is 0. The summed E-state index contributed by atoms with van der Waals surface area (Å²) in [5.41, 5.74) is 0. The van der Waals surface area contributed by atoms with Gasteiger partial charge in [-0.1, -0.05) is 0 Å². The fourth-order valence-corrected chi connectivity index (χ4v) is 2.55. The number of amides is 2. The van der Waals surface area contributed by atoms with Crippen molar-refractivity contribution in [3.8, 4) is 0 Å². The SMILES string of the molecule is CC(=O)N1CCCC1C(=O)N1CCC(O)C1. The molecule has 2 rings (SSSR count). The number of carbonyl (C=O) groups excluding carboxylic acids is 2. The third-order valence-corrected chi connectivity index (χ3v) is 3.42. The Morgan fingerprint density at radius 3 is 2.56 bits per heavy atom. The van der Waals surface area contributed by atoms with E-state index in [0.29, 0.717) is 26.1 Å². The molecule has 5 heteroatoms. The van der Waals surface area contributed by atoms with Crippen LogP contribution in [0.3, 0.4) is 0 Å². The van der Waals surface area contributed by atoms with E-state index in [9.17, 15) is 14.7 Å². The summed E-state index contributed by atoms with van der Waals surface area (Å²) in [6.07, 6.45) is 1.91. The van der Waals surface area contributed by atoms with Crippen molar-refractivity contribution in [1.29, 1.82) is 0 Å². The predicted molar refractivity (Wildman–Crippen MR) is 57.6 cm³/mol. The molecule has 0 spiro atoms. The second kappa shape index (κ2) is 4.41. The van der Waals surface area contributed by atoms with Gasteiger partial charge in [0.25, 0.3) is 0 Å². The first-order valence-corrected chi connectivity index (χ1v) is 5.83. The molecule has 2 atom stereocenters. The number of aliphatic hydroxyl groups excluding tert-OH is 1. The van der Waals surface area contributed by atoms with Crippen LogP contribution < -0.4 is 0 Å². The van der Waals surface area contributed by atoms with Gasteiger partial charge in [0.15, 0.2) is 0 Å². The number of carbonyl (C=O) groups is 2. The highest BCUT2D eigenvalue weighted by Crippen LogP contribution is 2.21. The van der Waals surface area contributed by atoms with E-state index in [0.717, 1.165) is 12.8 Å². The quantitative estimate of drug-likeness (QED) is 0.661. The maximum absolute atomic E-state index is 12.1. The average Bonchev–Trinajstić information content (AvgIpc) is 2.84. The standard InChI is InChI=1S/C11H18N2O3/c1-8(14)13-5-2-3-10(13)11(16)12-6-4-9(15)7-12/h9-10,15H,2-7H2,1H3. The third kappa shape index (κ3) is 2.04. The minimum atomic E-state index is -0.392. The van der Waals surface area contributed by atoms with Crippen LogP contribution >= 0.6 is 0 Å². The molecule has 0 bridgehead atoms. The Kier molecular flexibility index (Phi) is 3.14. The molecule has 0 aromatic rings. The molecule has 2 unspecified atom stereocenters. The van der Waals surface area contributed by atoms with Gasteiger partial charge in [0.2, 0.25) is 11.8 Å². The lowest BCUT2D eigenvalue weighted by atomic mass is 10.2. The highest BCUT2D eigenvalue weighted by atomic mass is 16.3. The van der Waals surface area contributed by atoms with Crippen LogP contribution in [-0.4, -0.2) is 58.5 Å². The summed E-state index contributed by atoms with van der Waals surface area (Å²) >= 11 is 0. The van der Waals surface area contributed by atoms with Crippen LogP contribution in [0.2, 0.25) is 0 Å². The van der Waals surface area contributed by atoms with E-state index in [2.05, 4.69) is 0 Å². The van der Waals surface area contributed by atoms with Gasteiger partial charge >= 0.3 is 0 Å². The lowest BCUT2D eigenvalue weighted by Crippen LogP contribution is -2.46. The Labute approximate surface area is 95.0 Å². The Hall–Kier alpha value is -1.10. The van der Waals surface area contributed by atoms with Gasteiger partial charge in [-0.05, 0) is 19.3 Å². The molecule has 16 heavy (non-hydrogen) atoms. The van der Waals surface area contributed by atoms with Crippen molar-refractivity contribution in [2.45, 2.75) is 38.3 Å². The van der Waals surface area contributed by atoms with Gasteiger partial charge < -0.3 is 14.9 Å². The summed E-state index contributed by atoms with van der Waals surface area (Å²) in [5, 5.41) is 9.39. The lowest BCUT2D eigenvalue weighted by molar-refractivity contribution is -0.142. The Morgan fingerprint density at radius 1 is 1.25 bits per heavy atom. The Bertz CT molecular complexity index is 306. The largest absolute Gasteiger partial charge is 0.391 e. The van der Waals surface area contributed by atoms with Crippen molar-refractivity contribution < 1.29 is 14.7 Å². The minimum absolute atomic E-state index is 0.00394. The van der Waals surface area contributed by atoms with Crippen LogP contribution in [0.15, 0.2) is 0 Å². The molecule has 2 saturated heterocycles. The fraction of sp³-hybridized carbons (Fsp3) is 0.818. The van der Waals surface area contributed by atoms with Crippen molar-refractivity contribution in [2.75, 3.05) is 19.6 Å². The third-order valence-electron chi connectivity index (χ3n) is 3.42. The number of β-amino-alcohol motifs (C(OH)–C–C–N with tert-alkyl or cyclic N) is 1. The maximum Gasteiger partial charge on any atom is 0.245 e. The van der Waals surface area contributed by atoms with Crippen LogP contribution in [0.4, 0.5) is 0 Å². The molecule has 90 valence electrons. The van der Waals surface area contributed by atoms with Crippen molar-refractivity contribution in [1.82, 2.24) is 9.80 Å². The van der Waals surface area contributed by atoms with E-state index < -0.39 is 6.10 Å².